The SMILES string of the molecule is COC(=O)Cn1cc(-c2ccccc2C=O)cn1. The van der Waals surface area contributed by atoms with Crippen LogP contribution in [0.4, 0.5) is 0 Å². The first-order valence-corrected chi connectivity index (χ1v) is 5.38. The summed E-state index contributed by atoms with van der Waals surface area (Å²) < 4.78 is 6.03. The number of rotatable bonds is 4. The number of hydrogen-bond donors (Lipinski definition) is 0. The van der Waals surface area contributed by atoms with Gasteiger partial charge in [0.25, 0.3) is 0 Å². The Labute approximate surface area is 104 Å². The molecule has 18 heavy (non-hydrogen) atoms. The topological polar surface area (TPSA) is 61.2 Å². The smallest absolute Gasteiger partial charge is 0.327 e. The molecule has 92 valence electrons. The highest BCUT2D eigenvalue weighted by Crippen LogP contribution is 2.21. The third-order valence-corrected chi connectivity index (χ3v) is 2.55. The van der Waals surface area contributed by atoms with E-state index in [0.29, 0.717) is 5.56 Å². The number of benzene rings is 1. The number of methoxy groups -OCH3 is 1. The van der Waals surface area contributed by atoms with Crippen molar-refractivity contribution >= 4 is 12.3 Å². The first-order chi connectivity index (χ1) is 8.74. The van der Waals surface area contributed by atoms with E-state index in [2.05, 4.69) is 9.84 Å². The first kappa shape index (κ1) is 12.0. The molecule has 5 nitrogen and oxygen atoms in total. The van der Waals surface area contributed by atoms with Crippen LogP contribution >= 0.6 is 0 Å². The molecule has 2 aromatic rings. The molecule has 5 heteroatoms. The van der Waals surface area contributed by atoms with Gasteiger partial charge < -0.3 is 4.74 Å². The van der Waals surface area contributed by atoms with E-state index in [0.717, 1.165) is 17.4 Å². The molecule has 0 atom stereocenters. The van der Waals surface area contributed by atoms with Gasteiger partial charge in [-0.25, -0.2) is 0 Å². The molecular formula is C13H12N2O3. The van der Waals surface area contributed by atoms with Crippen LogP contribution in [-0.2, 0) is 16.1 Å². The lowest BCUT2D eigenvalue weighted by molar-refractivity contribution is -0.141. The van der Waals surface area contributed by atoms with Crippen LogP contribution in [0.1, 0.15) is 10.4 Å². The maximum Gasteiger partial charge on any atom is 0.327 e. The molecule has 0 aliphatic heterocycles. The molecule has 2 rings (SSSR count). The van der Waals surface area contributed by atoms with E-state index in [1.54, 1.807) is 24.5 Å². The van der Waals surface area contributed by atoms with Crippen molar-refractivity contribution in [3.63, 3.8) is 0 Å². The van der Waals surface area contributed by atoms with Crippen LogP contribution in [0.25, 0.3) is 11.1 Å². The summed E-state index contributed by atoms with van der Waals surface area (Å²) in [6.07, 6.45) is 4.12. The zero-order valence-corrected chi connectivity index (χ0v) is 9.87. The molecule has 1 heterocycles. The van der Waals surface area contributed by atoms with E-state index in [-0.39, 0.29) is 12.5 Å². The fourth-order valence-electron chi connectivity index (χ4n) is 1.65. The number of hydrogen-bond acceptors (Lipinski definition) is 4. The quantitative estimate of drug-likeness (QED) is 0.604. The Bertz CT molecular complexity index is 575. The zero-order valence-electron chi connectivity index (χ0n) is 9.87. The predicted octanol–water partition coefficient (Wildman–Crippen LogP) is 1.54. The fourth-order valence-corrected chi connectivity index (χ4v) is 1.65. The maximum absolute atomic E-state index is 11.1. The van der Waals surface area contributed by atoms with Gasteiger partial charge in [0.2, 0.25) is 0 Å². The van der Waals surface area contributed by atoms with Crippen LogP contribution in [-0.4, -0.2) is 29.1 Å². The minimum Gasteiger partial charge on any atom is -0.468 e. The van der Waals surface area contributed by atoms with Crippen LogP contribution in [0.3, 0.4) is 0 Å². The number of ether oxygens (including phenoxy) is 1. The Balaban J connectivity index is 2.29. The van der Waals surface area contributed by atoms with Crippen molar-refractivity contribution in [3.8, 4) is 11.1 Å². The summed E-state index contributed by atoms with van der Waals surface area (Å²) in [6, 6.07) is 7.22. The number of nitrogens with zero attached hydrogens (tertiary/aromatic N) is 2. The Morgan fingerprint density at radius 1 is 1.44 bits per heavy atom. The second kappa shape index (κ2) is 5.27. The lowest BCUT2D eigenvalue weighted by Gasteiger charge is -2.01. The summed E-state index contributed by atoms with van der Waals surface area (Å²) in [5.41, 5.74) is 2.18. The zero-order chi connectivity index (χ0) is 13.0. The van der Waals surface area contributed by atoms with Crippen molar-refractivity contribution in [1.82, 2.24) is 9.78 Å². The van der Waals surface area contributed by atoms with Crippen molar-refractivity contribution in [3.05, 3.63) is 42.2 Å². The van der Waals surface area contributed by atoms with Gasteiger partial charge in [-0.15, -0.1) is 0 Å². The summed E-state index contributed by atoms with van der Waals surface area (Å²) in [4.78, 5) is 22.0. The van der Waals surface area contributed by atoms with Gasteiger partial charge in [0, 0.05) is 17.3 Å². The van der Waals surface area contributed by atoms with Crippen LogP contribution in [0.2, 0.25) is 0 Å². The van der Waals surface area contributed by atoms with Gasteiger partial charge in [-0.1, -0.05) is 24.3 Å². The molecule has 0 bridgehead atoms. The van der Waals surface area contributed by atoms with Crippen LogP contribution in [0.15, 0.2) is 36.7 Å². The first-order valence-electron chi connectivity index (χ1n) is 5.38. The number of carbonyl (C=O) groups excluding carboxylic acids is 2. The minimum atomic E-state index is -0.367. The number of aromatic nitrogens is 2. The van der Waals surface area contributed by atoms with E-state index < -0.39 is 0 Å². The van der Waals surface area contributed by atoms with Gasteiger partial charge in [-0.3, -0.25) is 14.3 Å². The number of aldehydes is 1. The second-order valence-electron chi connectivity index (χ2n) is 3.71. The average Bonchev–Trinajstić information content (AvgIpc) is 2.86. The highest BCUT2D eigenvalue weighted by atomic mass is 16.5. The predicted molar refractivity (Wildman–Crippen MR) is 65.1 cm³/mol. The largest absolute Gasteiger partial charge is 0.468 e. The molecule has 1 aromatic heterocycles. The second-order valence-corrected chi connectivity index (χ2v) is 3.71. The fraction of sp³-hybridized carbons (Fsp3) is 0.154. The Morgan fingerprint density at radius 2 is 2.22 bits per heavy atom. The van der Waals surface area contributed by atoms with Crippen molar-refractivity contribution in [2.45, 2.75) is 6.54 Å². The molecule has 0 N–H and O–H groups in total. The average molecular weight is 244 g/mol. The molecule has 0 radical (unpaired) electrons. The van der Waals surface area contributed by atoms with E-state index in [4.69, 9.17) is 0 Å². The van der Waals surface area contributed by atoms with Gasteiger partial charge in [0.1, 0.15) is 6.54 Å². The van der Waals surface area contributed by atoms with Gasteiger partial charge in [0.05, 0.1) is 13.3 Å². The lowest BCUT2D eigenvalue weighted by atomic mass is 10.0. The van der Waals surface area contributed by atoms with Crippen molar-refractivity contribution in [1.29, 1.82) is 0 Å². The summed E-state index contributed by atoms with van der Waals surface area (Å²) >= 11 is 0. The summed E-state index contributed by atoms with van der Waals surface area (Å²) in [5.74, 6) is -0.367. The molecule has 0 unspecified atom stereocenters. The van der Waals surface area contributed by atoms with Crippen molar-refractivity contribution in [2.75, 3.05) is 7.11 Å². The molecule has 0 saturated heterocycles. The Kier molecular flexibility index (Phi) is 3.52. The Morgan fingerprint density at radius 3 is 2.94 bits per heavy atom. The third kappa shape index (κ3) is 2.45. The van der Waals surface area contributed by atoms with E-state index in [1.807, 2.05) is 12.1 Å². The van der Waals surface area contributed by atoms with Crippen LogP contribution in [0, 0.1) is 0 Å². The standard InChI is InChI=1S/C13H12N2O3/c1-18-13(17)8-15-7-11(6-14-15)12-5-3-2-4-10(12)9-16/h2-7,9H,8H2,1H3. The van der Waals surface area contributed by atoms with Gasteiger partial charge >= 0.3 is 5.97 Å². The molecule has 1 aromatic carbocycles. The molecule has 0 saturated carbocycles. The Hall–Kier alpha value is -2.43. The minimum absolute atomic E-state index is 0.0553. The monoisotopic (exact) mass is 244 g/mol. The van der Waals surface area contributed by atoms with Crippen molar-refractivity contribution in [2.24, 2.45) is 0 Å². The third-order valence-electron chi connectivity index (χ3n) is 2.55. The summed E-state index contributed by atoms with van der Waals surface area (Å²) in [7, 11) is 1.33. The van der Waals surface area contributed by atoms with Crippen LogP contribution in [0.5, 0.6) is 0 Å². The van der Waals surface area contributed by atoms with Gasteiger partial charge in [-0.05, 0) is 5.56 Å². The summed E-state index contributed by atoms with van der Waals surface area (Å²) in [6.45, 7) is 0.0553. The van der Waals surface area contributed by atoms with E-state index in [9.17, 15) is 9.59 Å². The lowest BCUT2D eigenvalue weighted by Crippen LogP contribution is -2.11. The van der Waals surface area contributed by atoms with Gasteiger partial charge in [0.15, 0.2) is 6.29 Å². The molecule has 0 spiro atoms. The molecule has 0 amide bonds. The normalized spacial score (nSPS) is 10.1. The molecule has 0 aliphatic rings. The highest BCUT2D eigenvalue weighted by Gasteiger charge is 2.08. The highest BCUT2D eigenvalue weighted by molar-refractivity contribution is 5.87. The van der Waals surface area contributed by atoms with Crippen LogP contribution < -0.4 is 0 Å². The molecular weight excluding hydrogens is 232 g/mol. The molecule has 0 fully saturated rings. The number of esters is 1. The molecule has 0 aliphatic carbocycles. The van der Waals surface area contributed by atoms with E-state index in [1.165, 1.54) is 11.8 Å². The number of carbonyl (C=O) groups is 2. The summed E-state index contributed by atoms with van der Waals surface area (Å²) in [5, 5.41) is 4.06. The van der Waals surface area contributed by atoms with E-state index >= 15 is 0 Å². The van der Waals surface area contributed by atoms with Gasteiger partial charge in [-0.2, -0.15) is 5.10 Å². The van der Waals surface area contributed by atoms with Crippen molar-refractivity contribution < 1.29 is 14.3 Å². The maximum atomic E-state index is 11.1.